The summed E-state index contributed by atoms with van der Waals surface area (Å²) in [5.41, 5.74) is 5.74. The van der Waals surface area contributed by atoms with Crippen LogP contribution in [0, 0.1) is 11.8 Å². The Morgan fingerprint density at radius 3 is 2.75 bits per heavy atom. The smallest absolute Gasteiger partial charge is 0.0506 e. The van der Waals surface area contributed by atoms with E-state index < -0.39 is 0 Å². The number of nitrogens with zero attached hydrogens (tertiary/aromatic N) is 1. The van der Waals surface area contributed by atoms with Gasteiger partial charge in [-0.25, -0.2) is 0 Å². The fraction of sp³-hybridized carbons (Fsp3) is 1.00. The van der Waals surface area contributed by atoms with Crippen LogP contribution in [0.25, 0.3) is 0 Å². The fourth-order valence-corrected chi connectivity index (χ4v) is 2.93. The van der Waals surface area contributed by atoms with Crippen LogP contribution in [0.1, 0.15) is 26.2 Å². The molecule has 3 unspecified atom stereocenters. The Bertz CT molecular complexity index is 197. The molecule has 2 rings (SSSR count). The highest BCUT2D eigenvalue weighted by Crippen LogP contribution is 2.25. The number of halogens is 1. The van der Waals surface area contributed by atoms with Crippen LogP contribution < -0.4 is 5.73 Å². The third kappa shape index (κ3) is 3.59. The zero-order valence-corrected chi connectivity index (χ0v) is 11.0. The molecule has 16 heavy (non-hydrogen) atoms. The van der Waals surface area contributed by atoms with Crippen LogP contribution in [0.4, 0.5) is 0 Å². The van der Waals surface area contributed by atoms with Gasteiger partial charge in [-0.1, -0.05) is 0 Å². The van der Waals surface area contributed by atoms with Gasteiger partial charge >= 0.3 is 0 Å². The Hall–Kier alpha value is 0.170. The zero-order chi connectivity index (χ0) is 10.7. The third-order valence-electron chi connectivity index (χ3n) is 3.87. The second kappa shape index (κ2) is 6.80. The minimum Gasteiger partial charge on any atom is -0.381 e. The number of rotatable bonds is 3. The van der Waals surface area contributed by atoms with E-state index in [1.807, 2.05) is 0 Å². The van der Waals surface area contributed by atoms with Crippen molar-refractivity contribution in [1.29, 1.82) is 0 Å². The molecule has 2 fully saturated rings. The fourth-order valence-electron chi connectivity index (χ4n) is 2.93. The lowest BCUT2D eigenvalue weighted by Gasteiger charge is -2.29. The zero-order valence-electron chi connectivity index (χ0n) is 10.2. The molecule has 4 heteroatoms. The van der Waals surface area contributed by atoms with Gasteiger partial charge < -0.3 is 10.5 Å². The van der Waals surface area contributed by atoms with Gasteiger partial charge in [-0.15, -0.1) is 12.4 Å². The maximum absolute atomic E-state index is 5.74. The molecular formula is C12H25ClN2O. The average Bonchev–Trinajstić information content (AvgIpc) is 2.61. The van der Waals surface area contributed by atoms with Gasteiger partial charge in [-0.3, -0.25) is 4.90 Å². The highest BCUT2D eigenvalue weighted by Gasteiger charge is 2.30. The van der Waals surface area contributed by atoms with Crippen molar-refractivity contribution in [3.05, 3.63) is 0 Å². The first-order valence-corrected chi connectivity index (χ1v) is 6.31. The van der Waals surface area contributed by atoms with Crippen molar-refractivity contribution in [3.8, 4) is 0 Å². The van der Waals surface area contributed by atoms with Gasteiger partial charge in [0.2, 0.25) is 0 Å². The minimum atomic E-state index is 0. The Morgan fingerprint density at radius 1 is 1.38 bits per heavy atom. The normalized spacial score (nSPS) is 36.0. The molecule has 2 aliphatic heterocycles. The predicted octanol–water partition coefficient (Wildman–Crippen LogP) is 1.50. The first-order chi connectivity index (χ1) is 7.29. The summed E-state index contributed by atoms with van der Waals surface area (Å²) in [6, 6.07) is 0.723. The van der Waals surface area contributed by atoms with E-state index in [1.54, 1.807) is 0 Å². The van der Waals surface area contributed by atoms with E-state index in [-0.39, 0.29) is 12.4 Å². The van der Waals surface area contributed by atoms with Gasteiger partial charge in [-0.2, -0.15) is 0 Å². The van der Waals surface area contributed by atoms with Gasteiger partial charge in [0.15, 0.2) is 0 Å². The standard InChI is InChI=1S/C12H24N2O.ClH/c1-10-5-12(6-13)8-14(10)7-11-3-2-4-15-9-11;/h10-12H,2-9,13H2,1H3;1H. The minimum absolute atomic E-state index is 0. The van der Waals surface area contributed by atoms with Crippen molar-refractivity contribution < 1.29 is 4.74 Å². The summed E-state index contributed by atoms with van der Waals surface area (Å²) < 4.78 is 5.53. The Labute approximate surface area is 105 Å². The average molecular weight is 249 g/mol. The lowest BCUT2D eigenvalue weighted by atomic mass is 10.0. The van der Waals surface area contributed by atoms with Gasteiger partial charge in [0.05, 0.1) is 6.61 Å². The first kappa shape index (κ1) is 14.2. The van der Waals surface area contributed by atoms with Gasteiger partial charge in [0.25, 0.3) is 0 Å². The second-order valence-electron chi connectivity index (χ2n) is 5.22. The molecule has 3 nitrogen and oxygen atoms in total. The van der Waals surface area contributed by atoms with E-state index in [2.05, 4.69) is 11.8 Å². The highest BCUT2D eigenvalue weighted by atomic mass is 35.5. The van der Waals surface area contributed by atoms with Crippen LogP contribution in [0.5, 0.6) is 0 Å². The van der Waals surface area contributed by atoms with Gasteiger partial charge in [0.1, 0.15) is 0 Å². The SMILES string of the molecule is CC1CC(CN)CN1CC1CCCOC1.Cl. The van der Waals surface area contributed by atoms with E-state index in [0.717, 1.165) is 37.6 Å². The molecule has 96 valence electrons. The second-order valence-corrected chi connectivity index (χ2v) is 5.22. The number of nitrogens with two attached hydrogens (primary N) is 1. The summed E-state index contributed by atoms with van der Waals surface area (Å²) in [5.74, 6) is 1.49. The molecule has 2 saturated heterocycles. The summed E-state index contributed by atoms with van der Waals surface area (Å²) in [5, 5.41) is 0. The van der Waals surface area contributed by atoms with E-state index in [0.29, 0.717) is 0 Å². The Balaban J connectivity index is 0.00000128. The van der Waals surface area contributed by atoms with Crippen LogP contribution >= 0.6 is 12.4 Å². The van der Waals surface area contributed by atoms with E-state index >= 15 is 0 Å². The lowest BCUT2D eigenvalue weighted by molar-refractivity contribution is 0.0372. The van der Waals surface area contributed by atoms with Crippen molar-refractivity contribution in [2.75, 3.05) is 32.8 Å². The van der Waals surface area contributed by atoms with Crippen molar-refractivity contribution >= 4 is 12.4 Å². The quantitative estimate of drug-likeness (QED) is 0.823. The van der Waals surface area contributed by atoms with Crippen LogP contribution in [0.2, 0.25) is 0 Å². The van der Waals surface area contributed by atoms with Crippen molar-refractivity contribution in [2.45, 2.75) is 32.2 Å². The van der Waals surface area contributed by atoms with Gasteiger partial charge in [-0.05, 0) is 44.6 Å². The van der Waals surface area contributed by atoms with Crippen LogP contribution in [0.15, 0.2) is 0 Å². The monoisotopic (exact) mass is 248 g/mol. The number of ether oxygens (including phenoxy) is 1. The molecule has 0 aromatic heterocycles. The van der Waals surface area contributed by atoms with Crippen molar-refractivity contribution in [1.82, 2.24) is 4.90 Å². The summed E-state index contributed by atoms with van der Waals surface area (Å²) in [6.45, 7) is 7.54. The summed E-state index contributed by atoms with van der Waals surface area (Å²) >= 11 is 0. The molecular weight excluding hydrogens is 224 g/mol. The summed E-state index contributed by atoms with van der Waals surface area (Å²) in [4.78, 5) is 2.61. The molecule has 0 radical (unpaired) electrons. The van der Waals surface area contributed by atoms with Crippen molar-refractivity contribution in [2.24, 2.45) is 17.6 Å². The molecule has 2 aliphatic rings. The van der Waals surface area contributed by atoms with Crippen LogP contribution in [-0.4, -0.2) is 43.8 Å². The number of hydrogen-bond acceptors (Lipinski definition) is 3. The maximum Gasteiger partial charge on any atom is 0.0506 e. The Kier molecular flexibility index (Phi) is 6.05. The van der Waals surface area contributed by atoms with E-state index in [9.17, 15) is 0 Å². The lowest BCUT2D eigenvalue weighted by Crippen LogP contribution is -2.36. The number of hydrogen-bond donors (Lipinski definition) is 1. The molecule has 0 aliphatic carbocycles. The molecule has 0 aromatic rings. The molecule has 2 N–H and O–H groups in total. The molecule has 0 saturated carbocycles. The summed E-state index contributed by atoms with van der Waals surface area (Å²) in [6.07, 6.45) is 3.87. The highest BCUT2D eigenvalue weighted by molar-refractivity contribution is 5.85. The molecule has 0 bridgehead atoms. The van der Waals surface area contributed by atoms with E-state index in [4.69, 9.17) is 10.5 Å². The summed E-state index contributed by atoms with van der Waals surface area (Å²) in [7, 11) is 0. The van der Waals surface area contributed by atoms with Crippen LogP contribution in [-0.2, 0) is 4.74 Å². The molecule has 0 spiro atoms. The van der Waals surface area contributed by atoms with Gasteiger partial charge in [0, 0.05) is 25.7 Å². The third-order valence-corrected chi connectivity index (χ3v) is 3.87. The predicted molar refractivity (Wildman–Crippen MR) is 69.0 cm³/mol. The first-order valence-electron chi connectivity index (χ1n) is 6.31. The largest absolute Gasteiger partial charge is 0.381 e. The number of likely N-dealkylation sites (tertiary alicyclic amines) is 1. The topological polar surface area (TPSA) is 38.5 Å². The van der Waals surface area contributed by atoms with Crippen molar-refractivity contribution in [3.63, 3.8) is 0 Å². The van der Waals surface area contributed by atoms with Crippen LogP contribution in [0.3, 0.4) is 0 Å². The molecule has 0 aromatic carbocycles. The Morgan fingerprint density at radius 2 is 2.19 bits per heavy atom. The molecule has 0 amide bonds. The van der Waals surface area contributed by atoms with E-state index in [1.165, 1.54) is 32.4 Å². The molecule has 3 atom stereocenters. The maximum atomic E-state index is 5.74. The molecule has 2 heterocycles.